The Morgan fingerprint density at radius 1 is 1.00 bits per heavy atom. The number of fused-ring (bicyclic) bond motifs is 1. The molecule has 0 saturated heterocycles. The lowest BCUT2D eigenvalue weighted by atomic mass is 10.0. The summed E-state index contributed by atoms with van der Waals surface area (Å²) in [5, 5.41) is 28.5. The van der Waals surface area contributed by atoms with Crippen LogP contribution in [0.15, 0.2) is 84.8 Å². The minimum Gasteiger partial charge on any atom is -0.376 e. The molecule has 0 spiro atoms. The molecule has 2 heterocycles. The minimum absolute atomic E-state index is 0.0962. The SMILES string of the molecule is N#CCC(Nc1c(C#N)cnc2c(F)cc(NC(C3=CN(C4CC4)NN3)c3ccc(F)cc3)cc12)c1ccccc1. The summed E-state index contributed by atoms with van der Waals surface area (Å²) in [7, 11) is 0. The van der Waals surface area contributed by atoms with Gasteiger partial charge in [-0.15, -0.1) is 5.53 Å². The first-order valence-corrected chi connectivity index (χ1v) is 13.3. The van der Waals surface area contributed by atoms with Crippen LogP contribution < -0.4 is 21.6 Å². The maximum Gasteiger partial charge on any atom is 0.151 e. The Balaban J connectivity index is 1.41. The van der Waals surface area contributed by atoms with E-state index in [9.17, 15) is 14.9 Å². The van der Waals surface area contributed by atoms with Gasteiger partial charge in [0.1, 0.15) is 17.4 Å². The third kappa shape index (κ3) is 5.46. The van der Waals surface area contributed by atoms with E-state index in [1.807, 2.05) is 41.5 Å². The second-order valence-corrected chi connectivity index (χ2v) is 10.1. The van der Waals surface area contributed by atoms with Crippen LogP contribution in [0.4, 0.5) is 20.2 Å². The van der Waals surface area contributed by atoms with Gasteiger partial charge in [-0.1, -0.05) is 42.5 Å². The summed E-state index contributed by atoms with van der Waals surface area (Å²) in [5.41, 5.74) is 9.91. The number of nitriles is 2. The maximum atomic E-state index is 15.6. The zero-order chi connectivity index (χ0) is 28.3. The highest BCUT2D eigenvalue weighted by Gasteiger charge is 2.32. The van der Waals surface area contributed by atoms with Crippen molar-refractivity contribution in [2.45, 2.75) is 37.4 Å². The molecule has 4 N–H and O–H groups in total. The highest BCUT2D eigenvalue weighted by Crippen LogP contribution is 2.36. The van der Waals surface area contributed by atoms with Crippen molar-refractivity contribution < 1.29 is 8.78 Å². The van der Waals surface area contributed by atoms with Crippen LogP contribution in [-0.2, 0) is 0 Å². The zero-order valence-corrected chi connectivity index (χ0v) is 21.9. The number of rotatable bonds is 9. The first kappa shape index (κ1) is 26.1. The van der Waals surface area contributed by atoms with E-state index in [-0.39, 0.29) is 23.3 Å². The van der Waals surface area contributed by atoms with Crippen molar-refractivity contribution in [3.05, 3.63) is 113 Å². The number of hydrogen-bond donors (Lipinski definition) is 4. The van der Waals surface area contributed by atoms with Crippen LogP contribution in [0.2, 0.25) is 0 Å². The van der Waals surface area contributed by atoms with E-state index in [0.717, 1.165) is 29.7 Å². The fraction of sp³-hybridized carbons (Fsp3) is 0.194. The molecule has 0 bridgehead atoms. The number of halogens is 2. The number of hydrogen-bond acceptors (Lipinski definition) is 8. The lowest BCUT2D eigenvalue weighted by molar-refractivity contribution is 0.260. The van der Waals surface area contributed by atoms with Gasteiger partial charge in [0.15, 0.2) is 5.82 Å². The molecule has 1 saturated carbocycles. The second-order valence-electron chi connectivity index (χ2n) is 10.1. The summed E-state index contributed by atoms with van der Waals surface area (Å²) >= 11 is 0. The molecule has 41 heavy (non-hydrogen) atoms. The monoisotopic (exact) mass is 548 g/mol. The topological polar surface area (TPSA) is 112 Å². The molecule has 0 radical (unpaired) electrons. The van der Waals surface area contributed by atoms with E-state index in [4.69, 9.17) is 0 Å². The standard InChI is InChI=1S/C31H26F2N8/c32-22-8-6-20(7-9-22)30(28-18-41(40-39-28)24-10-11-24)37-23-14-25-29(21(16-35)17-36-31(25)26(33)15-23)38-27(12-13-34)19-4-2-1-3-5-19/h1-9,14-15,17-18,24,27,30,37,39-40H,10-12H2,(H,36,38). The van der Waals surface area contributed by atoms with Gasteiger partial charge in [-0.3, -0.25) is 9.99 Å². The number of aromatic nitrogens is 1. The van der Waals surface area contributed by atoms with E-state index in [2.05, 4.69) is 38.7 Å². The van der Waals surface area contributed by atoms with Gasteiger partial charge in [-0.25, -0.2) is 8.78 Å². The van der Waals surface area contributed by atoms with Gasteiger partial charge in [0.05, 0.1) is 41.5 Å². The van der Waals surface area contributed by atoms with E-state index in [0.29, 0.717) is 22.8 Å². The quantitative estimate of drug-likeness (QED) is 0.204. The van der Waals surface area contributed by atoms with Crippen molar-refractivity contribution in [3.8, 4) is 12.1 Å². The molecule has 2 aliphatic rings. The van der Waals surface area contributed by atoms with Crippen LogP contribution in [0.1, 0.15) is 48.0 Å². The lowest BCUT2D eigenvalue weighted by Crippen LogP contribution is -2.38. The molecule has 2 unspecified atom stereocenters. The molecule has 3 aromatic carbocycles. The molecular formula is C31H26F2N8. The van der Waals surface area contributed by atoms with E-state index in [1.165, 1.54) is 24.4 Å². The first-order valence-electron chi connectivity index (χ1n) is 13.3. The van der Waals surface area contributed by atoms with E-state index >= 15 is 4.39 Å². The summed E-state index contributed by atoms with van der Waals surface area (Å²) in [4.78, 5) is 4.23. The van der Waals surface area contributed by atoms with Crippen molar-refractivity contribution in [2.24, 2.45) is 0 Å². The second kappa shape index (κ2) is 11.1. The van der Waals surface area contributed by atoms with Crippen molar-refractivity contribution in [1.82, 2.24) is 21.0 Å². The Labute approximate surface area is 235 Å². The summed E-state index contributed by atoms with van der Waals surface area (Å²) in [6.45, 7) is 0. The predicted octanol–water partition coefficient (Wildman–Crippen LogP) is 5.93. The Bertz CT molecular complexity index is 1690. The Hall–Kier alpha value is -5.19. The molecule has 2 atom stereocenters. The molecule has 1 aliphatic carbocycles. The molecule has 6 rings (SSSR count). The van der Waals surface area contributed by atoms with Crippen molar-refractivity contribution in [1.29, 1.82) is 10.5 Å². The van der Waals surface area contributed by atoms with Crippen LogP contribution in [0.5, 0.6) is 0 Å². The number of hydrazine groups is 2. The van der Waals surface area contributed by atoms with Crippen LogP contribution >= 0.6 is 0 Å². The molecule has 10 heteroatoms. The summed E-state index contributed by atoms with van der Waals surface area (Å²) < 4.78 is 29.3. The third-order valence-electron chi connectivity index (χ3n) is 7.23. The largest absolute Gasteiger partial charge is 0.376 e. The summed E-state index contributed by atoms with van der Waals surface area (Å²) in [6.07, 6.45) is 5.61. The first-order chi connectivity index (χ1) is 20.0. The Kier molecular flexibility index (Phi) is 7.07. The van der Waals surface area contributed by atoms with Gasteiger partial charge >= 0.3 is 0 Å². The highest BCUT2D eigenvalue weighted by molar-refractivity contribution is 5.96. The zero-order valence-electron chi connectivity index (χ0n) is 21.9. The third-order valence-corrected chi connectivity index (χ3v) is 7.23. The van der Waals surface area contributed by atoms with Crippen LogP contribution in [0, 0.1) is 34.3 Å². The number of anilines is 2. The fourth-order valence-electron chi connectivity index (χ4n) is 4.99. The average molecular weight is 549 g/mol. The normalized spacial score (nSPS) is 15.8. The van der Waals surface area contributed by atoms with Crippen molar-refractivity contribution in [3.63, 3.8) is 0 Å². The van der Waals surface area contributed by atoms with Crippen molar-refractivity contribution in [2.75, 3.05) is 10.6 Å². The van der Waals surface area contributed by atoms with Gasteiger partial charge in [0.2, 0.25) is 0 Å². The fourth-order valence-corrected chi connectivity index (χ4v) is 4.99. The molecule has 1 aromatic heterocycles. The van der Waals surface area contributed by atoms with Gasteiger partial charge in [0.25, 0.3) is 0 Å². The van der Waals surface area contributed by atoms with E-state index < -0.39 is 17.9 Å². The molecule has 8 nitrogen and oxygen atoms in total. The van der Waals surface area contributed by atoms with E-state index in [1.54, 1.807) is 18.2 Å². The molecule has 1 aliphatic heterocycles. The molecule has 0 amide bonds. The molecule has 1 fully saturated rings. The Morgan fingerprint density at radius 2 is 1.78 bits per heavy atom. The Morgan fingerprint density at radius 3 is 2.49 bits per heavy atom. The number of pyridine rings is 1. The van der Waals surface area contributed by atoms with Crippen molar-refractivity contribution >= 4 is 22.3 Å². The number of nitrogens with one attached hydrogen (secondary N) is 4. The highest BCUT2D eigenvalue weighted by atomic mass is 19.1. The minimum atomic E-state index is -0.571. The van der Waals surface area contributed by atoms with Crippen LogP contribution in [-0.4, -0.2) is 16.0 Å². The van der Waals surface area contributed by atoms with Gasteiger partial charge in [-0.2, -0.15) is 10.5 Å². The molecule has 4 aromatic rings. The predicted molar refractivity (Wildman–Crippen MR) is 151 cm³/mol. The van der Waals surface area contributed by atoms with Gasteiger partial charge in [0, 0.05) is 29.5 Å². The molecular weight excluding hydrogens is 522 g/mol. The summed E-state index contributed by atoms with van der Waals surface area (Å²) in [6, 6.07) is 22.5. The summed E-state index contributed by atoms with van der Waals surface area (Å²) in [5.74, 6) is -0.926. The van der Waals surface area contributed by atoms with Gasteiger partial charge in [-0.05, 0) is 48.2 Å². The lowest BCUT2D eigenvalue weighted by Gasteiger charge is -2.23. The number of nitrogens with zero attached hydrogens (tertiary/aromatic N) is 4. The smallest absolute Gasteiger partial charge is 0.151 e. The average Bonchev–Trinajstić information content (AvgIpc) is 3.73. The van der Waals surface area contributed by atoms with Crippen LogP contribution in [0.3, 0.4) is 0 Å². The van der Waals surface area contributed by atoms with Gasteiger partial charge < -0.3 is 16.1 Å². The van der Waals surface area contributed by atoms with Crippen LogP contribution in [0.25, 0.3) is 10.9 Å². The maximum absolute atomic E-state index is 15.6. The number of benzene rings is 3. The molecule has 204 valence electrons.